The molecule has 0 radical (unpaired) electrons. The van der Waals surface area contributed by atoms with Crippen LogP contribution in [0, 0.1) is 5.41 Å². The molecule has 1 aromatic carbocycles. The molecule has 2 aromatic rings. The number of imidazole rings is 1. The van der Waals surface area contributed by atoms with Crippen molar-refractivity contribution in [2.24, 2.45) is 10.7 Å². The lowest BCUT2D eigenvalue weighted by atomic mass is 10.1. The molecule has 3 rings (SSSR count). The first-order chi connectivity index (χ1) is 17.6. The molecule has 10 nitrogen and oxygen atoms in total. The van der Waals surface area contributed by atoms with Crippen LogP contribution in [0.4, 0.5) is 23.7 Å². The number of aliphatic imine (C=N–C) groups is 1. The molecule has 196 valence electrons. The molecular formula is C24H27F3N8O2. The highest BCUT2D eigenvalue weighted by Gasteiger charge is 2.27. The fourth-order valence-electron chi connectivity index (χ4n) is 3.06. The lowest BCUT2D eigenvalue weighted by Gasteiger charge is -2.10. The number of nitrogens with one attached hydrogen (secondary N) is 5. The van der Waals surface area contributed by atoms with Crippen LogP contribution < -0.4 is 21.7 Å². The number of anilines is 1. The molecule has 7 N–H and O–H groups in total. The molecule has 0 bridgehead atoms. The smallest absolute Gasteiger partial charge is 0.404 e. The predicted octanol–water partition coefficient (Wildman–Crippen LogP) is 3.37. The van der Waals surface area contributed by atoms with E-state index in [2.05, 4.69) is 25.6 Å². The van der Waals surface area contributed by atoms with Gasteiger partial charge in [0.15, 0.2) is 0 Å². The van der Waals surface area contributed by atoms with Crippen molar-refractivity contribution in [1.29, 1.82) is 5.41 Å². The Balaban J connectivity index is 1.69. The molecule has 1 aliphatic rings. The summed E-state index contributed by atoms with van der Waals surface area (Å²) in [6, 6.07) is 5.07. The molecule has 1 atom stereocenters. The number of carbonyl (C=O) groups is 2. The lowest BCUT2D eigenvalue weighted by molar-refractivity contribution is -0.123. The Bertz CT molecular complexity index is 1230. The number of nitrogens with two attached hydrogens (primary N) is 1. The van der Waals surface area contributed by atoms with E-state index in [0.717, 1.165) is 19.1 Å². The maximum absolute atomic E-state index is 12.3. The number of amides is 3. The zero-order chi connectivity index (χ0) is 27.0. The molecule has 1 aliphatic carbocycles. The number of aromatic amines is 1. The van der Waals surface area contributed by atoms with Gasteiger partial charge in [-0.25, -0.2) is 9.78 Å². The first kappa shape index (κ1) is 27.2. The molecular weight excluding hydrogens is 489 g/mol. The Morgan fingerprint density at radius 2 is 2.08 bits per heavy atom. The van der Waals surface area contributed by atoms with E-state index in [-0.39, 0.29) is 17.6 Å². The zero-order valence-electron chi connectivity index (χ0n) is 19.9. The molecule has 37 heavy (non-hydrogen) atoms. The number of nitrogens with zero attached hydrogens (tertiary/aromatic N) is 2. The molecule has 1 fully saturated rings. The number of aromatic nitrogens is 2. The van der Waals surface area contributed by atoms with Crippen molar-refractivity contribution in [3.8, 4) is 11.3 Å². The second-order valence-corrected chi connectivity index (χ2v) is 8.29. The summed E-state index contributed by atoms with van der Waals surface area (Å²) in [5.41, 5.74) is 7.99. The average molecular weight is 517 g/mol. The predicted molar refractivity (Wildman–Crippen MR) is 135 cm³/mol. The number of rotatable bonds is 10. The number of halogens is 3. The number of allylic oxidation sites excluding steroid dienone is 2. The first-order valence-corrected chi connectivity index (χ1v) is 11.3. The van der Waals surface area contributed by atoms with Crippen LogP contribution >= 0.6 is 0 Å². The standard InChI is InChI=1S/C24H27F3N8O2/c1-14(22(36)33-18-5-6-18)30-11-17(10-29)16(9-28)8-21-31-12-20(35-21)15-3-2-4-19(7-15)34-23(37)32-13-24(25,26)27/h2-4,7-12,14,18,28H,5-6,13,29H2,1H3,(H,31,35)(H,33,36)(H2,32,34,37)/b16-8+,17-10?,28-9?,30-11?. The average Bonchev–Trinajstić information content (AvgIpc) is 3.55. The first-order valence-electron chi connectivity index (χ1n) is 11.3. The zero-order valence-corrected chi connectivity index (χ0v) is 19.9. The van der Waals surface area contributed by atoms with E-state index in [1.165, 1.54) is 24.7 Å². The van der Waals surface area contributed by atoms with Gasteiger partial charge in [0.25, 0.3) is 0 Å². The van der Waals surface area contributed by atoms with Gasteiger partial charge in [-0.15, -0.1) is 0 Å². The van der Waals surface area contributed by atoms with E-state index >= 15 is 0 Å². The maximum Gasteiger partial charge on any atom is 0.405 e. The van der Waals surface area contributed by atoms with Crippen LogP contribution in [0.15, 0.2) is 52.8 Å². The lowest BCUT2D eigenvalue weighted by Crippen LogP contribution is -2.36. The van der Waals surface area contributed by atoms with Crippen LogP contribution in [-0.2, 0) is 4.79 Å². The van der Waals surface area contributed by atoms with Crippen molar-refractivity contribution in [2.45, 2.75) is 38.0 Å². The van der Waals surface area contributed by atoms with Crippen LogP contribution in [0.1, 0.15) is 25.6 Å². The van der Waals surface area contributed by atoms with Crippen LogP contribution in [0.25, 0.3) is 17.3 Å². The summed E-state index contributed by atoms with van der Waals surface area (Å²) in [5.74, 6) is 0.211. The van der Waals surface area contributed by atoms with Crippen LogP contribution in [-0.4, -0.2) is 59.1 Å². The highest BCUT2D eigenvalue weighted by Crippen LogP contribution is 2.22. The Morgan fingerprint density at radius 3 is 2.73 bits per heavy atom. The molecule has 13 heteroatoms. The molecule has 1 unspecified atom stereocenters. The number of alkyl halides is 3. The number of H-pyrrole nitrogens is 1. The minimum Gasteiger partial charge on any atom is -0.404 e. The van der Waals surface area contributed by atoms with Crippen molar-refractivity contribution >= 4 is 36.1 Å². The second-order valence-electron chi connectivity index (χ2n) is 8.29. The summed E-state index contributed by atoms with van der Waals surface area (Å²) in [4.78, 5) is 35.4. The van der Waals surface area contributed by atoms with Crippen LogP contribution in [0.5, 0.6) is 0 Å². The normalized spacial score (nSPS) is 15.4. The minimum absolute atomic E-state index is 0.180. The van der Waals surface area contributed by atoms with Gasteiger partial charge >= 0.3 is 12.2 Å². The molecule has 1 saturated carbocycles. The summed E-state index contributed by atoms with van der Waals surface area (Å²) in [7, 11) is 0. The van der Waals surface area contributed by atoms with Crippen molar-refractivity contribution in [3.05, 3.63) is 53.6 Å². The Morgan fingerprint density at radius 1 is 1.32 bits per heavy atom. The highest BCUT2D eigenvalue weighted by molar-refractivity contribution is 6.01. The van der Waals surface area contributed by atoms with Crippen molar-refractivity contribution in [2.75, 3.05) is 11.9 Å². The Kier molecular flexibility index (Phi) is 8.82. The van der Waals surface area contributed by atoms with Gasteiger partial charge in [-0.3, -0.25) is 9.79 Å². The number of hydrogen-bond acceptors (Lipinski definition) is 6. The van der Waals surface area contributed by atoms with Crippen LogP contribution in [0.2, 0.25) is 0 Å². The van der Waals surface area contributed by atoms with E-state index in [9.17, 15) is 22.8 Å². The summed E-state index contributed by atoms with van der Waals surface area (Å²) in [5, 5.41) is 14.7. The third-order valence-corrected chi connectivity index (χ3v) is 5.18. The molecule has 0 aliphatic heterocycles. The fourth-order valence-corrected chi connectivity index (χ4v) is 3.06. The topological polar surface area (TPSA) is 161 Å². The van der Waals surface area contributed by atoms with Gasteiger partial charge in [0, 0.05) is 47.1 Å². The van der Waals surface area contributed by atoms with Crippen molar-refractivity contribution in [3.63, 3.8) is 0 Å². The largest absolute Gasteiger partial charge is 0.405 e. The van der Waals surface area contributed by atoms with Gasteiger partial charge in [-0.2, -0.15) is 13.2 Å². The van der Waals surface area contributed by atoms with Crippen molar-refractivity contribution < 1.29 is 22.8 Å². The van der Waals surface area contributed by atoms with E-state index in [4.69, 9.17) is 11.1 Å². The monoisotopic (exact) mass is 516 g/mol. The SMILES string of the molecule is CC(N=CC(=CN)/C(C=N)=C/c1ncc(-c2cccc(NC(=O)NCC(F)(F)F)c2)[nH]1)C(=O)NC1CC1. The van der Waals surface area contributed by atoms with Gasteiger partial charge in [-0.1, -0.05) is 12.1 Å². The quantitative estimate of drug-likeness (QED) is 0.211. The Hall–Kier alpha value is -4.42. The second kappa shape index (κ2) is 12.0. The van der Waals surface area contributed by atoms with E-state index < -0.39 is 24.8 Å². The number of benzene rings is 1. The van der Waals surface area contributed by atoms with Gasteiger partial charge in [-0.05, 0) is 38.0 Å². The van der Waals surface area contributed by atoms with Gasteiger partial charge in [0.05, 0.1) is 11.9 Å². The summed E-state index contributed by atoms with van der Waals surface area (Å²) >= 11 is 0. The van der Waals surface area contributed by atoms with E-state index in [1.54, 1.807) is 36.5 Å². The molecule has 0 saturated heterocycles. The molecule has 1 aromatic heterocycles. The Labute approximate surface area is 210 Å². The summed E-state index contributed by atoms with van der Waals surface area (Å²) in [6.07, 6.45) is 4.31. The van der Waals surface area contributed by atoms with Gasteiger partial charge in [0.1, 0.15) is 18.4 Å². The fraction of sp³-hybridized carbons (Fsp3) is 0.292. The molecule has 0 spiro atoms. The summed E-state index contributed by atoms with van der Waals surface area (Å²) < 4.78 is 36.8. The molecule has 3 amide bonds. The van der Waals surface area contributed by atoms with E-state index in [0.29, 0.717) is 28.2 Å². The van der Waals surface area contributed by atoms with Gasteiger partial charge < -0.3 is 32.1 Å². The number of carbonyl (C=O) groups excluding carboxylic acids is 2. The minimum atomic E-state index is -4.51. The van der Waals surface area contributed by atoms with Gasteiger partial charge in [0.2, 0.25) is 5.91 Å². The third kappa shape index (κ3) is 8.63. The maximum atomic E-state index is 12.3. The van der Waals surface area contributed by atoms with Crippen molar-refractivity contribution in [1.82, 2.24) is 20.6 Å². The van der Waals surface area contributed by atoms with E-state index in [1.807, 2.05) is 0 Å². The summed E-state index contributed by atoms with van der Waals surface area (Å²) in [6.45, 7) is 0.221. The highest BCUT2D eigenvalue weighted by atomic mass is 19.4. The molecule has 1 heterocycles. The number of hydrogen-bond donors (Lipinski definition) is 6. The third-order valence-electron chi connectivity index (χ3n) is 5.18. The van der Waals surface area contributed by atoms with Crippen LogP contribution in [0.3, 0.4) is 0 Å². The number of urea groups is 1.